The van der Waals surface area contributed by atoms with Crippen molar-refractivity contribution in [2.24, 2.45) is 5.73 Å². The Morgan fingerprint density at radius 1 is 1.19 bits per heavy atom. The molecule has 3 N–H and O–H groups in total. The van der Waals surface area contributed by atoms with Crippen LogP contribution < -0.4 is 15.8 Å². The van der Waals surface area contributed by atoms with Gasteiger partial charge >= 0.3 is 0 Å². The molecule has 0 aliphatic heterocycles. The number of hydrogen-bond donors (Lipinski definition) is 2. The van der Waals surface area contributed by atoms with Gasteiger partial charge in [-0.3, -0.25) is 14.3 Å². The molecule has 27 heavy (non-hydrogen) atoms. The van der Waals surface area contributed by atoms with Crippen LogP contribution in [0.5, 0.6) is 5.75 Å². The highest BCUT2D eigenvalue weighted by Crippen LogP contribution is 2.16. The van der Waals surface area contributed by atoms with Crippen LogP contribution in [0.3, 0.4) is 0 Å². The Labute approximate surface area is 159 Å². The van der Waals surface area contributed by atoms with Gasteiger partial charge in [0.15, 0.2) is 18.1 Å². The number of carbonyl (C=O) groups excluding carboxylic acids is 2. The number of nitrogens with one attached hydrogen (secondary N) is 1. The summed E-state index contributed by atoms with van der Waals surface area (Å²) in [5.74, 6) is -0.586. The summed E-state index contributed by atoms with van der Waals surface area (Å²) in [6.07, 6.45) is 3.15. The molecule has 0 aliphatic carbocycles. The Balaban J connectivity index is 1.65. The van der Waals surface area contributed by atoms with E-state index in [1.807, 2.05) is 6.92 Å². The Kier molecular flexibility index (Phi) is 5.41. The first-order valence-corrected chi connectivity index (χ1v) is 8.44. The fourth-order valence-electron chi connectivity index (χ4n) is 2.27. The van der Waals surface area contributed by atoms with Gasteiger partial charge in [0.2, 0.25) is 0 Å². The van der Waals surface area contributed by atoms with E-state index in [1.54, 1.807) is 36.7 Å². The van der Waals surface area contributed by atoms with Crippen LogP contribution in [-0.2, 0) is 13.3 Å². The van der Waals surface area contributed by atoms with Crippen LogP contribution in [-0.4, -0.2) is 31.4 Å². The van der Waals surface area contributed by atoms with Gasteiger partial charge in [-0.25, -0.2) is 4.68 Å². The van der Waals surface area contributed by atoms with Crippen LogP contribution in [0.2, 0.25) is 5.02 Å². The second-order valence-electron chi connectivity index (χ2n) is 5.53. The van der Waals surface area contributed by atoms with E-state index in [0.29, 0.717) is 17.3 Å². The zero-order chi connectivity index (χ0) is 19.4. The monoisotopic (exact) mass is 388 g/mol. The highest BCUT2D eigenvalue weighted by Gasteiger charge is 2.18. The number of primary amides is 1. The first kappa shape index (κ1) is 18.5. The lowest BCUT2D eigenvalue weighted by Crippen LogP contribution is -2.18. The van der Waals surface area contributed by atoms with Crippen molar-refractivity contribution < 1.29 is 14.3 Å². The van der Waals surface area contributed by atoms with Gasteiger partial charge in [0.1, 0.15) is 5.75 Å². The van der Waals surface area contributed by atoms with Gasteiger partial charge in [-0.05, 0) is 37.3 Å². The van der Waals surface area contributed by atoms with E-state index in [1.165, 1.54) is 15.4 Å². The molecule has 10 heteroatoms. The predicted molar refractivity (Wildman–Crippen MR) is 98.7 cm³/mol. The van der Waals surface area contributed by atoms with Crippen molar-refractivity contribution in [3.05, 3.63) is 59.1 Å². The average Bonchev–Trinajstić information content (AvgIpc) is 3.28. The summed E-state index contributed by atoms with van der Waals surface area (Å²) in [4.78, 5) is 23.8. The second kappa shape index (κ2) is 7.92. The molecule has 140 valence electrons. The maximum absolute atomic E-state index is 12.4. The van der Waals surface area contributed by atoms with E-state index in [9.17, 15) is 9.59 Å². The number of nitrogens with zero attached hydrogens (tertiary/aromatic N) is 4. The molecular formula is C17H17ClN6O3. The van der Waals surface area contributed by atoms with Gasteiger partial charge in [-0.15, -0.1) is 0 Å². The van der Waals surface area contributed by atoms with E-state index in [4.69, 9.17) is 22.1 Å². The summed E-state index contributed by atoms with van der Waals surface area (Å²) >= 11 is 5.82. The average molecular weight is 389 g/mol. The number of amides is 2. The Bertz CT molecular complexity index is 963. The third kappa shape index (κ3) is 4.45. The minimum atomic E-state index is -0.723. The van der Waals surface area contributed by atoms with E-state index in [2.05, 4.69) is 15.5 Å². The maximum atomic E-state index is 12.4. The fraction of sp³-hybridized carbons (Fsp3) is 0.176. The number of aromatic nitrogens is 4. The molecule has 2 aromatic heterocycles. The zero-order valence-electron chi connectivity index (χ0n) is 14.4. The van der Waals surface area contributed by atoms with Crippen LogP contribution in [0.4, 0.5) is 5.69 Å². The molecule has 0 radical (unpaired) electrons. The number of aryl methyl sites for hydroxylation is 1. The van der Waals surface area contributed by atoms with Crippen molar-refractivity contribution in [2.75, 3.05) is 5.32 Å². The lowest BCUT2D eigenvalue weighted by atomic mass is 10.3. The summed E-state index contributed by atoms with van der Waals surface area (Å²) in [6, 6.07) is 8.43. The number of hydrogen-bond acceptors (Lipinski definition) is 5. The number of halogens is 1. The Morgan fingerprint density at radius 2 is 1.93 bits per heavy atom. The molecule has 0 fully saturated rings. The summed E-state index contributed by atoms with van der Waals surface area (Å²) in [5.41, 5.74) is 5.69. The lowest BCUT2D eigenvalue weighted by molar-refractivity contribution is 0.0995. The molecule has 2 amide bonds. The van der Waals surface area contributed by atoms with Crippen molar-refractivity contribution in [2.45, 2.75) is 20.2 Å². The van der Waals surface area contributed by atoms with Crippen molar-refractivity contribution in [1.82, 2.24) is 19.6 Å². The minimum absolute atomic E-state index is 0.00398. The summed E-state index contributed by atoms with van der Waals surface area (Å²) in [6.45, 7) is 2.51. The third-order valence-electron chi connectivity index (χ3n) is 3.62. The van der Waals surface area contributed by atoms with Crippen LogP contribution in [0, 0.1) is 0 Å². The Morgan fingerprint density at radius 3 is 2.59 bits per heavy atom. The third-order valence-corrected chi connectivity index (χ3v) is 3.87. The van der Waals surface area contributed by atoms with Crippen molar-refractivity contribution in [1.29, 1.82) is 0 Å². The summed E-state index contributed by atoms with van der Waals surface area (Å²) in [5, 5.41) is 11.4. The van der Waals surface area contributed by atoms with Gasteiger partial charge in [0.05, 0.1) is 5.69 Å². The van der Waals surface area contributed by atoms with Crippen LogP contribution in [0.15, 0.2) is 42.7 Å². The molecule has 9 nitrogen and oxygen atoms in total. The molecule has 0 atom stereocenters. The molecule has 0 spiro atoms. The molecule has 1 aromatic carbocycles. The van der Waals surface area contributed by atoms with E-state index in [0.717, 1.165) is 0 Å². The molecular weight excluding hydrogens is 372 g/mol. The quantitative estimate of drug-likeness (QED) is 0.643. The SMILES string of the molecule is CCn1cc(NC(=O)c2ccn(COc3ccc(Cl)cc3)n2)c(C(N)=O)n1. The Hall–Kier alpha value is -3.33. The topological polar surface area (TPSA) is 117 Å². The van der Waals surface area contributed by atoms with Gasteiger partial charge in [0, 0.05) is 24.0 Å². The normalized spacial score (nSPS) is 10.6. The fourth-order valence-corrected chi connectivity index (χ4v) is 2.40. The lowest BCUT2D eigenvalue weighted by Gasteiger charge is -2.06. The van der Waals surface area contributed by atoms with Crippen molar-refractivity contribution in [3.8, 4) is 5.75 Å². The van der Waals surface area contributed by atoms with Crippen LogP contribution >= 0.6 is 11.6 Å². The van der Waals surface area contributed by atoms with E-state index in [-0.39, 0.29) is 23.8 Å². The largest absolute Gasteiger partial charge is 0.471 e. The molecule has 0 saturated heterocycles. The molecule has 0 saturated carbocycles. The van der Waals surface area contributed by atoms with Crippen LogP contribution in [0.1, 0.15) is 27.9 Å². The van der Waals surface area contributed by atoms with Gasteiger partial charge in [-0.2, -0.15) is 10.2 Å². The predicted octanol–water partition coefficient (Wildman–Crippen LogP) is 2.14. The molecule has 2 heterocycles. The first-order valence-electron chi connectivity index (χ1n) is 8.06. The number of ether oxygens (including phenoxy) is 1. The van der Waals surface area contributed by atoms with Gasteiger partial charge < -0.3 is 15.8 Å². The number of carbonyl (C=O) groups is 2. The standard InChI is InChI=1S/C17H17ClN6O3/c1-2-23-9-14(15(22-23)16(19)25)20-17(26)13-7-8-24(21-13)10-27-12-5-3-11(18)4-6-12/h3-9H,2,10H2,1H3,(H2,19,25)(H,20,26). The number of nitrogens with two attached hydrogens (primary N) is 1. The van der Waals surface area contributed by atoms with E-state index >= 15 is 0 Å². The maximum Gasteiger partial charge on any atom is 0.276 e. The number of benzene rings is 1. The van der Waals surface area contributed by atoms with E-state index < -0.39 is 11.8 Å². The highest BCUT2D eigenvalue weighted by atomic mass is 35.5. The van der Waals surface area contributed by atoms with Crippen molar-refractivity contribution in [3.63, 3.8) is 0 Å². The number of rotatable bonds is 7. The second-order valence-corrected chi connectivity index (χ2v) is 5.97. The molecule has 0 unspecified atom stereocenters. The highest BCUT2D eigenvalue weighted by molar-refractivity contribution is 6.30. The smallest absolute Gasteiger partial charge is 0.276 e. The van der Waals surface area contributed by atoms with Crippen LogP contribution in [0.25, 0.3) is 0 Å². The molecule has 0 bridgehead atoms. The first-order chi connectivity index (χ1) is 13.0. The zero-order valence-corrected chi connectivity index (χ0v) is 15.2. The minimum Gasteiger partial charge on any atom is -0.471 e. The summed E-state index contributed by atoms with van der Waals surface area (Å²) in [7, 11) is 0. The molecule has 0 aliphatic rings. The molecule has 3 rings (SSSR count). The van der Waals surface area contributed by atoms with Gasteiger partial charge in [-0.1, -0.05) is 11.6 Å². The molecule has 3 aromatic rings. The van der Waals surface area contributed by atoms with Gasteiger partial charge in [0.25, 0.3) is 11.8 Å². The van der Waals surface area contributed by atoms with Crippen molar-refractivity contribution >= 4 is 29.1 Å². The number of anilines is 1. The summed E-state index contributed by atoms with van der Waals surface area (Å²) < 4.78 is 8.54.